The van der Waals surface area contributed by atoms with Crippen molar-refractivity contribution >= 4 is 11.7 Å². The van der Waals surface area contributed by atoms with Gasteiger partial charge in [-0.1, -0.05) is 18.7 Å². The first-order valence-electron chi connectivity index (χ1n) is 6.83. The molecule has 1 heterocycles. The van der Waals surface area contributed by atoms with Crippen LogP contribution >= 0.6 is 0 Å². The lowest BCUT2D eigenvalue weighted by Crippen LogP contribution is -2.20. The highest BCUT2D eigenvalue weighted by Crippen LogP contribution is 2.37. The molecule has 24 heavy (non-hydrogen) atoms. The lowest BCUT2D eigenvalue weighted by molar-refractivity contribution is -0.145. The van der Waals surface area contributed by atoms with E-state index < -0.39 is 17.8 Å². The zero-order valence-corrected chi connectivity index (χ0v) is 12.1. The van der Waals surface area contributed by atoms with E-state index >= 15 is 0 Å². The van der Waals surface area contributed by atoms with E-state index in [2.05, 4.69) is 21.9 Å². The van der Waals surface area contributed by atoms with E-state index in [-0.39, 0.29) is 29.3 Å². The van der Waals surface area contributed by atoms with Crippen molar-refractivity contribution < 1.29 is 22.8 Å². The van der Waals surface area contributed by atoms with Crippen LogP contribution in [0.1, 0.15) is 27.4 Å². The summed E-state index contributed by atoms with van der Waals surface area (Å²) in [5.74, 6) is -2.31. The molecule has 122 valence electrons. The van der Waals surface area contributed by atoms with Gasteiger partial charge in [-0.15, -0.1) is 0 Å². The highest BCUT2D eigenvalue weighted by atomic mass is 19.4. The molecule has 1 aliphatic carbocycles. The number of halogens is 3. The van der Waals surface area contributed by atoms with E-state index in [1.807, 2.05) is 0 Å². The van der Waals surface area contributed by atoms with E-state index in [1.165, 1.54) is 6.07 Å². The number of rotatable bonds is 3. The van der Waals surface area contributed by atoms with Crippen LogP contribution in [0.4, 0.5) is 13.2 Å². The normalized spacial score (nSPS) is 12.5. The number of alkyl halides is 3. The van der Waals surface area contributed by atoms with Gasteiger partial charge in [0.1, 0.15) is 5.69 Å². The van der Waals surface area contributed by atoms with Gasteiger partial charge < -0.3 is 5.32 Å². The number of ketones is 1. The number of aromatic nitrogens is 2. The minimum absolute atomic E-state index is 0.168. The molecule has 0 aliphatic heterocycles. The number of carbonyl (C=O) groups is 2. The number of benzene rings is 1. The number of carbonyl (C=O) groups excluding carboxylic acids is 2. The Morgan fingerprint density at radius 1 is 1.25 bits per heavy atom. The van der Waals surface area contributed by atoms with Crippen molar-refractivity contribution in [3.05, 3.63) is 59.7 Å². The molecule has 0 radical (unpaired) electrons. The topological polar surface area (TPSA) is 72.0 Å². The molecule has 1 N–H and O–H groups in total. The van der Waals surface area contributed by atoms with Crippen LogP contribution in [0, 0.1) is 0 Å². The van der Waals surface area contributed by atoms with Gasteiger partial charge in [-0.25, -0.2) is 9.97 Å². The van der Waals surface area contributed by atoms with Crippen molar-refractivity contribution in [2.45, 2.75) is 12.7 Å². The predicted octanol–water partition coefficient (Wildman–Crippen LogP) is 2.51. The summed E-state index contributed by atoms with van der Waals surface area (Å²) < 4.78 is 38.1. The van der Waals surface area contributed by atoms with Gasteiger partial charge in [0.15, 0.2) is 0 Å². The molecule has 0 unspecified atom stereocenters. The smallest absolute Gasteiger partial charge is 0.348 e. The highest BCUT2D eigenvalue weighted by molar-refractivity contribution is 6.20. The van der Waals surface area contributed by atoms with Crippen LogP contribution in [0.5, 0.6) is 0 Å². The molecule has 1 aromatic heterocycles. The standard InChI is InChI=1S/C16H10F3N3O2/c1-2-12(23)20-6-8-3-4-9-10(5-8)14(24)13-11(9)7-21-15(22-13)16(17,18)19/h2-5,7H,1,6H2,(H,20,23). The fourth-order valence-corrected chi connectivity index (χ4v) is 2.40. The molecule has 0 fully saturated rings. The van der Waals surface area contributed by atoms with Crippen molar-refractivity contribution in [2.75, 3.05) is 0 Å². The van der Waals surface area contributed by atoms with Crippen LogP contribution in [0.3, 0.4) is 0 Å². The molecular weight excluding hydrogens is 323 g/mol. The molecule has 0 saturated carbocycles. The third-order valence-electron chi connectivity index (χ3n) is 3.53. The van der Waals surface area contributed by atoms with Crippen molar-refractivity contribution in [1.82, 2.24) is 15.3 Å². The summed E-state index contributed by atoms with van der Waals surface area (Å²) in [6.07, 6.45) is -2.60. The van der Waals surface area contributed by atoms with Gasteiger partial charge in [0.25, 0.3) is 0 Å². The molecule has 1 aromatic carbocycles. The molecule has 1 amide bonds. The van der Waals surface area contributed by atoms with Gasteiger partial charge in [-0.05, 0) is 23.3 Å². The third-order valence-corrected chi connectivity index (χ3v) is 3.53. The Morgan fingerprint density at radius 2 is 2.00 bits per heavy atom. The predicted molar refractivity (Wildman–Crippen MR) is 77.9 cm³/mol. The van der Waals surface area contributed by atoms with Crippen molar-refractivity contribution in [1.29, 1.82) is 0 Å². The first kappa shape index (κ1) is 15.9. The van der Waals surface area contributed by atoms with Gasteiger partial charge in [-0.3, -0.25) is 9.59 Å². The van der Waals surface area contributed by atoms with Crippen LogP contribution in [-0.4, -0.2) is 21.7 Å². The number of nitrogens with one attached hydrogen (secondary N) is 1. The average molecular weight is 333 g/mol. The van der Waals surface area contributed by atoms with E-state index in [9.17, 15) is 22.8 Å². The van der Waals surface area contributed by atoms with Crippen molar-refractivity contribution in [3.63, 3.8) is 0 Å². The zero-order valence-electron chi connectivity index (χ0n) is 12.1. The molecule has 0 saturated heterocycles. The van der Waals surface area contributed by atoms with Crippen LogP contribution in [0.2, 0.25) is 0 Å². The molecule has 2 aromatic rings. The molecule has 0 spiro atoms. The molecule has 0 atom stereocenters. The summed E-state index contributed by atoms with van der Waals surface area (Å²) in [4.78, 5) is 30.2. The summed E-state index contributed by atoms with van der Waals surface area (Å²) >= 11 is 0. The van der Waals surface area contributed by atoms with Crippen molar-refractivity contribution in [3.8, 4) is 11.1 Å². The number of nitrogens with zero attached hydrogens (tertiary/aromatic N) is 2. The second-order valence-electron chi connectivity index (χ2n) is 5.08. The average Bonchev–Trinajstić information content (AvgIpc) is 2.84. The summed E-state index contributed by atoms with van der Waals surface area (Å²) in [5.41, 5.74) is 1.35. The maximum absolute atomic E-state index is 12.7. The first-order chi connectivity index (χ1) is 11.3. The SMILES string of the molecule is C=CC(=O)NCc1ccc2c(c1)C(=O)c1nc(C(F)(F)F)ncc1-2. The maximum Gasteiger partial charge on any atom is 0.451 e. The van der Waals surface area contributed by atoms with Gasteiger partial charge in [0, 0.05) is 23.9 Å². The lowest BCUT2D eigenvalue weighted by Gasteiger charge is -2.06. The Hall–Kier alpha value is -3.03. The van der Waals surface area contributed by atoms with Crippen LogP contribution in [-0.2, 0) is 17.5 Å². The fraction of sp³-hybridized carbons (Fsp3) is 0.125. The maximum atomic E-state index is 12.7. The molecule has 3 rings (SSSR count). The van der Waals surface area contributed by atoms with E-state index in [0.29, 0.717) is 11.1 Å². The number of hydrogen-bond acceptors (Lipinski definition) is 4. The quantitative estimate of drug-likeness (QED) is 0.748. The van der Waals surface area contributed by atoms with E-state index in [1.54, 1.807) is 12.1 Å². The van der Waals surface area contributed by atoms with Crippen LogP contribution < -0.4 is 5.32 Å². The van der Waals surface area contributed by atoms with E-state index in [4.69, 9.17) is 0 Å². The summed E-state index contributed by atoms with van der Waals surface area (Å²) in [6, 6.07) is 4.79. The Balaban J connectivity index is 1.96. The van der Waals surface area contributed by atoms with E-state index in [0.717, 1.165) is 12.3 Å². The van der Waals surface area contributed by atoms with Crippen LogP contribution in [0.25, 0.3) is 11.1 Å². The minimum Gasteiger partial charge on any atom is -0.348 e. The second kappa shape index (κ2) is 5.55. The Labute approximate surface area is 134 Å². The molecule has 5 nitrogen and oxygen atoms in total. The fourth-order valence-electron chi connectivity index (χ4n) is 2.40. The minimum atomic E-state index is -4.72. The van der Waals surface area contributed by atoms with Gasteiger partial charge in [0.05, 0.1) is 0 Å². The van der Waals surface area contributed by atoms with Crippen molar-refractivity contribution in [2.24, 2.45) is 0 Å². The lowest BCUT2D eigenvalue weighted by atomic mass is 10.0. The second-order valence-corrected chi connectivity index (χ2v) is 5.08. The number of fused-ring (bicyclic) bond motifs is 3. The third kappa shape index (κ3) is 2.66. The van der Waals surface area contributed by atoms with Gasteiger partial charge >= 0.3 is 6.18 Å². The van der Waals surface area contributed by atoms with Gasteiger partial charge in [-0.2, -0.15) is 13.2 Å². The Bertz CT molecular complexity index is 875. The van der Waals surface area contributed by atoms with Gasteiger partial charge in [0.2, 0.25) is 17.5 Å². The highest BCUT2D eigenvalue weighted by Gasteiger charge is 2.38. The Morgan fingerprint density at radius 3 is 2.67 bits per heavy atom. The molecule has 0 bridgehead atoms. The molecule has 1 aliphatic rings. The number of amides is 1. The summed E-state index contributed by atoms with van der Waals surface area (Å²) in [6.45, 7) is 3.49. The Kier molecular flexibility index (Phi) is 3.67. The molecular formula is C16H10F3N3O2. The largest absolute Gasteiger partial charge is 0.451 e. The number of hydrogen-bond donors (Lipinski definition) is 1. The summed E-state index contributed by atoms with van der Waals surface area (Å²) in [7, 11) is 0. The first-order valence-corrected chi connectivity index (χ1v) is 6.83. The molecule has 8 heteroatoms. The van der Waals surface area contributed by atoms with Crippen LogP contribution in [0.15, 0.2) is 37.1 Å². The monoisotopic (exact) mass is 333 g/mol. The summed E-state index contributed by atoms with van der Waals surface area (Å²) in [5, 5.41) is 2.56. The zero-order chi connectivity index (χ0) is 17.5.